The number of ketones is 1. The summed E-state index contributed by atoms with van der Waals surface area (Å²) >= 11 is 6.02. The molecule has 2 aliphatic rings. The molecular weight excluding hydrogens is 286 g/mol. The van der Waals surface area contributed by atoms with Gasteiger partial charge in [0.25, 0.3) is 0 Å². The minimum atomic E-state index is -0.769. The van der Waals surface area contributed by atoms with Crippen LogP contribution >= 0.6 is 11.6 Å². The van der Waals surface area contributed by atoms with Crippen molar-refractivity contribution >= 4 is 17.4 Å². The maximum atomic E-state index is 12.8. The highest BCUT2D eigenvalue weighted by atomic mass is 35.5. The van der Waals surface area contributed by atoms with Crippen LogP contribution < -0.4 is 4.74 Å². The molecule has 1 aromatic carbocycles. The van der Waals surface area contributed by atoms with E-state index in [1.165, 1.54) is 12.8 Å². The molecule has 3 rings (SSSR count). The Hall–Kier alpha value is -1.53. The van der Waals surface area contributed by atoms with Crippen molar-refractivity contribution in [3.8, 4) is 11.8 Å². The van der Waals surface area contributed by atoms with Gasteiger partial charge in [0, 0.05) is 16.5 Å². The molecule has 0 aliphatic heterocycles. The lowest BCUT2D eigenvalue weighted by Gasteiger charge is -2.13. The Balaban J connectivity index is 1.87. The average Bonchev–Trinajstić information content (AvgIpc) is 3.22. The fourth-order valence-electron chi connectivity index (χ4n) is 3.82. The Kier molecular flexibility index (Phi) is 3.91. The molecule has 2 saturated carbocycles. The Bertz CT molecular complexity index is 595. The van der Waals surface area contributed by atoms with E-state index in [4.69, 9.17) is 16.3 Å². The van der Waals surface area contributed by atoms with Crippen molar-refractivity contribution in [2.45, 2.75) is 31.6 Å². The van der Waals surface area contributed by atoms with Crippen LogP contribution in [0.1, 0.15) is 37.2 Å². The summed E-state index contributed by atoms with van der Waals surface area (Å²) in [7, 11) is 1.54. The highest BCUT2D eigenvalue weighted by molar-refractivity contribution is 6.30. The van der Waals surface area contributed by atoms with Crippen LogP contribution in [0.25, 0.3) is 0 Å². The van der Waals surface area contributed by atoms with E-state index in [0.29, 0.717) is 28.2 Å². The van der Waals surface area contributed by atoms with Crippen LogP contribution in [0.4, 0.5) is 0 Å². The molecule has 0 saturated heterocycles. The molecule has 4 heteroatoms. The maximum absolute atomic E-state index is 12.8. The van der Waals surface area contributed by atoms with Crippen molar-refractivity contribution in [3.63, 3.8) is 0 Å². The van der Waals surface area contributed by atoms with Gasteiger partial charge in [-0.05, 0) is 42.9 Å². The van der Waals surface area contributed by atoms with Crippen molar-refractivity contribution in [2.24, 2.45) is 17.8 Å². The number of fused-ring (bicyclic) bond motifs is 1. The smallest absolute Gasteiger partial charge is 0.158 e. The summed E-state index contributed by atoms with van der Waals surface area (Å²) in [5, 5.41) is 10.0. The lowest BCUT2D eigenvalue weighted by atomic mass is 9.91. The third kappa shape index (κ3) is 2.53. The summed E-state index contributed by atoms with van der Waals surface area (Å²) in [6, 6.07) is 7.27. The van der Waals surface area contributed by atoms with Gasteiger partial charge in [-0.25, -0.2) is 0 Å². The first kappa shape index (κ1) is 14.4. The third-order valence-corrected chi connectivity index (χ3v) is 5.14. The fraction of sp³-hybridized carbons (Fsp3) is 0.529. The molecular formula is C17H18ClNO2. The molecule has 0 bridgehead atoms. The van der Waals surface area contributed by atoms with Crippen LogP contribution in [0.5, 0.6) is 5.75 Å². The third-order valence-electron chi connectivity index (χ3n) is 4.90. The highest BCUT2D eigenvalue weighted by Gasteiger charge is 2.56. The van der Waals surface area contributed by atoms with Gasteiger partial charge in [-0.1, -0.05) is 24.4 Å². The minimum Gasteiger partial charge on any atom is -0.496 e. The number of carbonyl (C=O) groups is 1. The Morgan fingerprint density at radius 2 is 2.05 bits per heavy atom. The minimum absolute atomic E-state index is 0.0509. The first-order valence-electron chi connectivity index (χ1n) is 7.44. The molecule has 0 N–H and O–H groups in total. The molecule has 3 nitrogen and oxygen atoms in total. The van der Waals surface area contributed by atoms with E-state index in [0.717, 1.165) is 12.8 Å². The number of methoxy groups -OCH3 is 1. The van der Waals surface area contributed by atoms with Crippen LogP contribution in [-0.2, 0) is 4.79 Å². The first-order chi connectivity index (χ1) is 10.2. The number of hydrogen-bond acceptors (Lipinski definition) is 3. The maximum Gasteiger partial charge on any atom is 0.158 e. The van der Waals surface area contributed by atoms with E-state index in [2.05, 4.69) is 6.07 Å². The van der Waals surface area contributed by atoms with Gasteiger partial charge in [0.15, 0.2) is 5.78 Å². The number of halogens is 1. The lowest BCUT2D eigenvalue weighted by Crippen LogP contribution is -2.15. The Morgan fingerprint density at radius 1 is 1.38 bits per heavy atom. The van der Waals surface area contributed by atoms with Gasteiger partial charge in [-0.2, -0.15) is 5.26 Å². The molecule has 0 heterocycles. The SMILES string of the molecule is COc1ccc(Cl)cc1C(C#N)C(=O)C1C2CCCCC21. The highest BCUT2D eigenvalue weighted by Crippen LogP contribution is 2.57. The van der Waals surface area contributed by atoms with Gasteiger partial charge in [0.1, 0.15) is 11.7 Å². The summed E-state index contributed by atoms with van der Waals surface area (Å²) < 4.78 is 5.29. The summed E-state index contributed by atoms with van der Waals surface area (Å²) in [4.78, 5) is 12.8. The predicted molar refractivity (Wildman–Crippen MR) is 80.3 cm³/mol. The normalized spacial score (nSPS) is 28.1. The van der Waals surface area contributed by atoms with E-state index < -0.39 is 5.92 Å². The molecule has 3 atom stereocenters. The molecule has 2 fully saturated rings. The second-order valence-corrected chi connectivity index (χ2v) is 6.43. The number of hydrogen-bond donors (Lipinski definition) is 0. The lowest BCUT2D eigenvalue weighted by molar-refractivity contribution is -0.121. The summed E-state index contributed by atoms with van der Waals surface area (Å²) in [5.74, 6) is 0.924. The summed E-state index contributed by atoms with van der Waals surface area (Å²) in [5.41, 5.74) is 0.598. The molecule has 0 aromatic heterocycles. The Labute approximate surface area is 129 Å². The molecule has 21 heavy (non-hydrogen) atoms. The number of carbonyl (C=O) groups excluding carboxylic acids is 1. The number of nitriles is 1. The number of nitrogens with zero attached hydrogens (tertiary/aromatic N) is 1. The van der Waals surface area contributed by atoms with E-state index in [1.807, 2.05) is 0 Å². The van der Waals surface area contributed by atoms with Crippen LogP contribution in [0.2, 0.25) is 5.02 Å². The van der Waals surface area contributed by atoms with Crippen LogP contribution in [0, 0.1) is 29.1 Å². The quantitative estimate of drug-likeness (QED) is 0.846. The van der Waals surface area contributed by atoms with Crippen molar-refractivity contribution in [3.05, 3.63) is 28.8 Å². The predicted octanol–water partition coefficient (Wildman–Crippen LogP) is 3.96. The van der Waals surface area contributed by atoms with Crippen molar-refractivity contribution in [1.29, 1.82) is 5.26 Å². The van der Waals surface area contributed by atoms with E-state index in [1.54, 1.807) is 25.3 Å². The van der Waals surface area contributed by atoms with Gasteiger partial charge in [-0.3, -0.25) is 4.79 Å². The van der Waals surface area contributed by atoms with E-state index >= 15 is 0 Å². The largest absolute Gasteiger partial charge is 0.496 e. The number of rotatable bonds is 4. The molecule has 1 aromatic rings. The average molecular weight is 304 g/mol. The Morgan fingerprint density at radius 3 is 2.62 bits per heavy atom. The van der Waals surface area contributed by atoms with Crippen molar-refractivity contribution < 1.29 is 9.53 Å². The summed E-state index contributed by atoms with van der Waals surface area (Å²) in [6.45, 7) is 0. The van der Waals surface area contributed by atoms with Crippen LogP contribution in [-0.4, -0.2) is 12.9 Å². The zero-order valence-electron chi connectivity index (χ0n) is 12.0. The monoisotopic (exact) mass is 303 g/mol. The first-order valence-corrected chi connectivity index (χ1v) is 7.82. The second-order valence-electron chi connectivity index (χ2n) is 5.99. The molecule has 2 aliphatic carbocycles. The van der Waals surface area contributed by atoms with Crippen LogP contribution in [0.15, 0.2) is 18.2 Å². The fourth-order valence-corrected chi connectivity index (χ4v) is 4.00. The molecule has 0 amide bonds. The van der Waals surface area contributed by atoms with Gasteiger partial charge in [0.05, 0.1) is 13.2 Å². The zero-order chi connectivity index (χ0) is 15.0. The zero-order valence-corrected chi connectivity index (χ0v) is 12.8. The second kappa shape index (κ2) is 5.69. The summed E-state index contributed by atoms with van der Waals surface area (Å²) in [6.07, 6.45) is 4.68. The van der Waals surface area contributed by atoms with E-state index in [-0.39, 0.29) is 11.7 Å². The molecule has 3 unspecified atom stereocenters. The van der Waals surface area contributed by atoms with Gasteiger partial charge < -0.3 is 4.74 Å². The van der Waals surface area contributed by atoms with Crippen molar-refractivity contribution in [2.75, 3.05) is 7.11 Å². The van der Waals surface area contributed by atoms with Gasteiger partial charge in [-0.15, -0.1) is 0 Å². The van der Waals surface area contributed by atoms with Gasteiger partial charge in [0.2, 0.25) is 0 Å². The molecule has 0 spiro atoms. The molecule has 110 valence electrons. The van der Waals surface area contributed by atoms with Crippen LogP contribution in [0.3, 0.4) is 0 Å². The molecule has 0 radical (unpaired) electrons. The van der Waals surface area contributed by atoms with Crippen molar-refractivity contribution in [1.82, 2.24) is 0 Å². The topological polar surface area (TPSA) is 50.1 Å². The number of ether oxygens (including phenoxy) is 1. The number of benzene rings is 1. The number of Topliss-reactive ketones (excluding diaryl/α,β-unsaturated/α-hetero) is 1. The van der Waals surface area contributed by atoms with Gasteiger partial charge >= 0.3 is 0 Å². The standard InChI is InChI=1S/C17H18ClNO2/c1-21-15-7-6-10(18)8-13(15)14(9-19)17(20)16-11-4-2-3-5-12(11)16/h6-8,11-12,14,16H,2-5H2,1H3. The van der Waals surface area contributed by atoms with E-state index in [9.17, 15) is 10.1 Å².